The SMILES string of the molecule is COC(=O)C(N)Cc1ccccc1Oc1ccc(C)cc1. The smallest absolute Gasteiger partial charge is 0.322 e. The summed E-state index contributed by atoms with van der Waals surface area (Å²) in [6.07, 6.45) is 0.370. The molecule has 0 aliphatic rings. The second-order valence-electron chi connectivity index (χ2n) is 4.86. The van der Waals surface area contributed by atoms with E-state index in [-0.39, 0.29) is 0 Å². The molecule has 0 saturated heterocycles. The average molecular weight is 285 g/mol. The summed E-state index contributed by atoms with van der Waals surface area (Å²) >= 11 is 0. The number of esters is 1. The van der Waals surface area contributed by atoms with Gasteiger partial charge >= 0.3 is 5.97 Å². The molecule has 0 aromatic heterocycles. The van der Waals surface area contributed by atoms with Gasteiger partial charge in [0, 0.05) is 6.42 Å². The second kappa shape index (κ2) is 6.90. The largest absolute Gasteiger partial charge is 0.468 e. The summed E-state index contributed by atoms with van der Waals surface area (Å²) in [5.74, 6) is 1.01. The Morgan fingerprint density at radius 3 is 2.48 bits per heavy atom. The van der Waals surface area contributed by atoms with Gasteiger partial charge in [-0.15, -0.1) is 0 Å². The fraction of sp³-hybridized carbons (Fsp3) is 0.235. The zero-order chi connectivity index (χ0) is 15.2. The zero-order valence-corrected chi connectivity index (χ0v) is 12.2. The van der Waals surface area contributed by atoms with E-state index in [1.807, 2.05) is 55.5 Å². The van der Waals surface area contributed by atoms with Gasteiger partial charge in [-0.05, 0) is 30.7 Å². The molecule has 4 heteroatoms. The first kappa shape index (κ1) is 15.1. The Bertz CT molecular complexity index is 608. The summed E-state index contributed by atoms with van der Waals surface area (Å²) in [4.78, 5) is 11.4. The summed E-state index contributed by atoms with van der Waals surface area (Å²) in [5, 5.41) is 0. The maximum atomic E-state index is 11.4. The van der Waals surface area contributed by atoms with E-state index in [1.165, 1.54) is 12.7 Å². The van der Waals surface area contributed by atoms with Crippen LogP contribution in [0.5, 0.6) is 11.5 Å². The van der Waals surface area contributed by atoms with Crippen molar-refractivity contribution in [2.24, 2.45) is 5.73 Å². The summed E-state index contributed by atoms with van der Waals surface area (Å²) in [6, 6.07) is 14.6. The van der Waals surface area contributed by atoms with E-state index >= 15 is 0 Å². The van der Waals surface area contributed by atoms with Crippen LogP contribution in [0.25, 0.3) is 0 Å². The topological polar surface area (TPSA) is 61.5 Å². The number of hydrogen-bond donors (Lipinski definition) is 1. The minimum Gasteiger partial charge on any atom is -0.468 e. The third kappa shape index (κ3) is 4.07. The summed E-state index contributed by atoms with van der Waals surface area (Å²) < 4.78 is 10.5. The number of carbonyl (C=O) groups is 1. The van der Waals surface area contributed by atoms with Gasteiger partial charge in [0.15, 0.2) is 0 Å². The van der Waals surface area contributed by atoms with E-state index in [0.29, 0.717) is 12.2 Å². The standard InChI is InChI=1S/C17H19NO3/c1-12-7-9-14(10-8-12)21-16-6-4-3-5-13(16)11-15(18)17(19)20-2/h3-10,15H,11,18H2,1-2H3. The quantitative estimate of drug-likeness (QED) is 0.858. The fourth-order valence-electron chi connectivity index (χ4n) is 1.98. The molecule has 0 radical (unpaired) electrons. The number of ether oxygens (including phenoxy) is 2. The van der Waals surface area contributed by atoms with Crippen LogP contribution in [0.3, 0.4) is 0 Å². The van der Waals surface area contributed by atoms with Gasteiger partial charge in [0.2, 0.25) is 0 Å². The Kier molecular flexibility index (Phi) is 4.95. The Balaban J connectivity index is 2.16. The van der Waals surface area contributed by atoms with E-state index in [1.54, 1.807) is 0 Å². The van der Waals surface area contributed by atoms with Crippen LogP contribution >= 0.6 is 0 Å². The van der Waals surface area contributed by atoms with Crippen molar-refractivity contribution in [3.8, 4) is 11.5 Å². The number of hydrogen-bond acceptors (Lipinski definition) is 4. The monoisotopic (exact) mass is 285 g/mol. The van der Waals surface area contributed by atoms with Crippen LogP contribution in [0.2, 0.25) is 0 Å². The molecule has 2 aromatic carbocycles. The number of aryl methyl sites for hydroxylation is 1. The van der Waals surface area contributed by atoms with Crippen molar-refractivity contribution < 1.29 is 14.3 Å². The van der Waals surface area contributed by atoms with Crippen molar-refractivity contribution in [2.75, 3.05) is 7.11 Å². The molecular weight excluding hydrogens is 266 g/mol. The average Bonchev–Trinajstić information content (AvgIpc) is 2.50. The summed E-state index contributed by atoms with van der Waals surface area (Å²) in [7, 11) is 1.33. The van der Waals surface area contributed by atoms with Gasteiger partial charge in [-0.1, -0.05) is 35.9 Å². The van der Waals surface area contributed by atoms with Crippen LogP contribution in [-0.2, 0) is 16.0 Å². The molecule has 110 valence electrons. The molecule has 0 bridgehead atoms. The van der Waals surface area contributed by atoms with E-state index in [9.17, 15) is 4.79 Å². The van der Waals surface area contributed by atoms with Gasteiger partial charge in [-0.2, -0.15) is 0 Å². The highest BCUT2D eigenvalue weighted by Crippen LogP contribution is 2.26. The molecule has 4 nitrogen and oxygen atoms in total. The molecule has 2 rings (SSSR count). The first-order chi connectivity index (χ1) is 10.1. The van der Waals surface area contributed by atoms with Gasteiger partial charge in [0.05, 0.1) is 7.11 Å². The number of methoxy groups -OCH3 is 1. The Hall–Kier alpha value is -2.33. The molecule has 0 spiro atoms. The zero-order valence-electron chi connectivity index (χ0n) is 12.2. The predicted octanol–water partition coefficient (Wildman–Crippen LogP) is 2.83. The second-order valence-corrected chi connectivity index (χ2v) is 4.86. The van der Waals surface area contributed by atoms with Crippen molar-refractivity contribution in [3.05, 3.63) is 59.7 Å². The third-order valence-electron chi connectivity index (χ3n) is 3.17. The lowest BCUT2D eigenvalue weighted by Gasteiger charge is -2.14. The van der Waals surface area contributed by atoms with E-state index in [2.05, 4.69) is 4.74 Å². The van der Waals surface area contributed by atoms with Crippen LogP contribution in [0.4, 0.5) is 0 Å². The molecule has 0 saturated carbocycles. The van der Waals surface area contributed by atoms with Gasteiger partial charge in [-0.25, -0.2) is 0 Å². The highest BCUT2D eigenvalue weighted by atomic mass is 16.5. The molecule has 21 heavy (non-hydrogen) atoms. The molecule has 0 heterocycles. The van der Waals surface area contributed by atoms with Crippen LogP contribution in [0.15, 0.2) is 48.5 Å². The molecule has 1 atom stereocenters. The van der Waals surface area contributed by atoms with Crippen molar-refractivity contribution in [2.45, 2.75) is 19.4 Å². The van der Waals surface area contributed by atoms with Crippen LogP contribution in [0, 0.1) is 6.92 Å². The number of nitrogens with two attached hydrogens (primary N) is 1. The van der Waals surface area contributed by atoms with Crippen molar-refractivity contribution in [3.63, 3.8) is 0 Å². The molecule has 0 aliphatic heterocycles. The Labute approximate surface area is 124 Å². The maximum Gasteiger partial charge on any atom is 0.322 e. The minimum absolute atomic E-state index is 0.370. The number of para-hydroxylation sites is 1. The van der Waals surface area contributed by atoms with Gasteiger partial charge < -0.3 is 15.2 Å². The highest BCUT2D eigenvalue weighted by Gasteiger charge is 2.16. The number of rotatable bonds is 5. The minimum atomic E-state index is -0.697. The lowest BCUT2D eigenvalue weighted by molar-refractivity contribution is -0.142. The summed E-state index contributed by atoms with van der Waals surface area (Å²) in [6.45, 7) is 2.02. The van der Waals surface area contributed by atoms with Crippen molar-refractivity contribution in [1.82, 2.24) is 0 Å². The van der Waals surface area contributed by atoms with Crippen molar-refractivity contribution in [1.29, 1.82) is 0 Å². The molecule has 1 unspecified atom stereocenters. The Morgan fingerprint density at radius 1 is 1.14 bits per heavy atom. The van der Waals surface area contributed by atoms with E-state index in [4.69, 9.17) is 10.5 Å². The first-order valence-electron chi connectivity index (χ1n) is 6.76. The molecule has 2 N–H and O–H groups in total. The summed E-state index contributed by atoms with van der Waals surface area (Å²) in [5.41, 5.74) is 7.85. The first-order valence-corrected chi connectivity index (χ1v) is 6.76. The fourth-order valence-corrected chi connectivity index (χ4v) is 1.98. The number of benzene rings is 2. The molecular formula is C17H19NO3. The number of carbonyl (C=O) groups excluding carboxylic acids is 1. The predicted molar refractivity (Wildman–Crippen MR) is 81.4 cm³/mol. The normalized spacial score (nSPS) is 11.8. The highest BCUT2D eigenvalue weighted by molar-refractivity contribution is 5.75. The lowest BCUT2D eigenvalue weighted by Crippen LogP contribution is -2.33. The lowest BCUT2D eigenvalue weighted by atomic mass is 10.1. The van der Waals surface area contributed by atoms with Gasteiger partial charge in [0.25, 0.3) is 0 Å². The third-order valence-corrected chi connectivity index (χ3v) is 3.17. The van der Waals surface area contributed by atoms with Crippen LogP contribution in [-0.4, -0.2) is 19.1 Å². The molecule has 0 amide bonds. The van der Waals surface area contributed by atoms with Crippen LogP contribution in [0.1, 0.15) is 11.1 Å². The van der Waals surface area contributed by atoms with Crippen LogP contribution < -0.4 is 10.5 Å². The molecule has 0 aliphatic carbocycles. The maximum absolute atomic E-state index is 11.4. The Morgan fingerprint density at radius 2 is 1.81 bits per heavy atom. The van der Waals surface area contributed by atoms with Gasteiger partial charge in [-0.3, -0.25) is 4.79 Å². The van der Waals surface area contributed by atoms with Crippen molar-refractivity contribution >= 4 is 5.97 Å². The molecule has 0 fully saturated rings. The van der Waals surface area contributed by atoms with E-state index < -0.39 is 12.0 Å². The van der Waals surface area contributed by atoms with Gasteiger partial charge in [0.1, 0.15) is 17.5 Å². The van der Waals surface area contributed by atoms with E-state index in [0.717, 1.165) is 11.3 Å². The molecule has 2 aromatic rings.